The molecule has 4 rings (SSSR count). The van der Waals surface area contributed by atoms with E-state index in [1.165, 1.54) is 31.4 Å². The Bertz CT molecular complexity index is 1270. The molecule has 1 heterocycles. The number of anilines is 2. The highest BCUT2D eigenvalue weighted by atomic mass is 32.2. The highest BCUT2D eigenvalue weighted by Crippen LogP contribution is 2.41. The van der Waals surface area contributed by atoms with Gasteiger partial charge in [0.15, 0.2) is 0 Å². The standard InChI is InChI=1S/C19H15N3O6S/c1-28-16-10-13(22(24)25)8-9-14(16)20-18(23)11-21-15-6-2-4-12-5-3-7-17(19(12)15)29(21,26)27/h2-10H,11H2,1H3,(H,20,23). The average molecular weight is 413 g/mol. The molecule has 3 aromatic carbocycles. The molecular formula is C19H15N3O6S. The lowest BCUT2D eigenvalue weighted by Gasteiger charge is -2.18. The van der Waals surface area contributed by atoms with E-state index in [4.69, 9.17) is 4.74 Å². The summed E-state index contributed by atoms with van der Waals surface area (Å²) in [5.41, 5.74) is 0.448. The quantitative estimate of drug-likeness (QED) is 0.507. The largest absolute Gasteiger partial charge is 0.494 e. The van der Waals surface area contributed by atoms with Gasteiger partial charge in [0, 0.05) is 11.5 Å². The van der Waals surface area contributed by atoms with E-state index in [0.717, 1.165) is 9.69 Å². The van der Waals surface area contributed by atoms with Crippen molar-refractivity contribution in [2.75, 3.05) is 23.3 Å². The lowest BCUT2D eigenvalue weighted by molar-refractivity contribution is -0.384. The van der Waals surface area contributed by atoms with Gasteiger partial charge in [-0.25, -0.2) is 8.42 Å². The monoisotopic (exact) mass is 413 g/mol. The molecule has 0 fully saturated rings. The predicted octanol–water partition coefficient (Wildman–Crippen LogP) is 2.90. The zero-order chi connectivity index (χ0) is 20.8. The molecule has 9 nitrogen and oxygen atoms in total. The number of hydrogen-bond acceptors (Lipinski definition) is 6. The first kappa shape index (κ1) is 18.7. The predicted molar refractivity (Wildman–Crippen MR) is 107 cm³/mol. The summed E-state index contributed by atoms with van der Waals surface area (Å²) in [7, 11) is -2.55. The molecule has 0 atom stereocenters. The summed E-state index contributed by atoms with van der Waals surface area (Å²) in [6.07, 6.45) is 0. The van der Waals surface area contributed by atoms with Crippen LogP contribution in [-0.2, 0) is 14.8 Å². The molecule has 1 amide bonds. The van der Waals surface area contributed by atoms with Gasteiger partial charge in [-0.05, 0) is 23.6 Å². The molecule has 0 aliphatic carbocycles. The zero-order valence-corrected chi connectivity index (χ0v) is 16.0. The minimum absolute atomic E-state index is 0.0993. The number of methoxy groups -OCH3 is 1. The number of amides is 1. The number of hydrogen-bond donors (Lipinski definition) is 1. The van der Waals surface area contributed by atoms with Crippen LogP contribution in [0.2, 0.25) is 0 Å². The maximum absolute atomic E-state index is 12.9. The van der Waals surface area contributed by atoms with E-state index in [0.29, 0.717) is 11.1 Å². The molecule has 29 heavy (non-hydrogen) atoms. The van der Waals surface area contributed by atoms with Crippen molar-refractivity contribution >= 4 is 43.8 Å². The third-order valence-electron chi connectivity index (χ3n) is 4.64. The molecule has 0 bridgehead atoms. The summed E-state index contributed by atoms with van der Waals surface area (Å²) < 4.78 is 32.0. The van der Waals surface area contributed by atoms with Crippen LogP contribution in [0.25, 0.3) is 10.8 Å². The van der Waals surface area contributed by atoms with Crippen LogP contribution in [0.5, 0.6) is 5.75 Å². The summed E-state index contributed by atoms with van der Waals surface area (Å²) in [5.74, 6) is -0.507. The number of nitro groups is 1. The van der Waals surface area contributed by atoms with Gasteiger partial charge in [0.1, 0.15) is 12.3 Å². The van der Waals surface area contributed by atoms with E-state index >= 15 is 0 Å². The van der Waals surface area contributed by atoms with Gasteiger partial charge in [-0.3, -0.25) is 19.2 Å². The smallest absolute Gasteiger partial charge is 0.273 e. The van der Waals surface area contributed by atoms with Gasteiger partial charge in [0.2, 0.25) is 5.91 Å². The fraction of sp³-hybridized carbons (Fsp3) is 0.105. The molecule has 0 saturated carbocycles. The van der Waals surface area contributed by atoms with Crippen LogP contribution in [0, 0.1) is 10.1 Å². The Morgan fingerprint density at radius 3 is 2.59 bits per heavy atom. The summed E-state index contributed by atoms with van der Waals surface area (Å²) >= 11 is 0. The Kier molecular flexibility index (Phi) is 4.35. The van der Waals surface area contributed by atoms with Gasteiger partial charge in [-0.2, -0.15) is 0 Å². The van der Waals surface area contributed by atoms with Crippen molar-refractivity contribution in [1.82, 2.24) is 0 Å². The number of sulfonamides is 1. The number of nitrogens with one attached hydrogen (secondary N) is 1. The molecule has 0 radical (unpaired) electrons. The number of rotatable bonds is 5. The number of benzene rings is 3. The Hall–Kier alpha value is -3.66. The lowest BCUT2D eigenvalue weighted by atomic mass is 10.1. The molecule has 10 heteroatoms. The highest BCUT2D eigenvalue weighted by molar-refractivity contribution is 7.93. The summed E-state index contributed by atoms with van der Waals surface area (Å²) in [5, 5.41) is 14.8. The average Bonchev–Trinajstić information content (AvgIpc) is 2.91. The summed E-state index contributed by atoms with van der Waals surface area (Å²) in [6, 6.07) is 13.9. The Balaban J connectivity index is 1.63. The summed E-state index contributed by atoms with van der Waals surface area (Å²) in [4.78, 5) is 23.1. The van der Waals surface area contributed by atoms with Crippen LogP contribution >= 0.6 is 0 Å². The number of carbonyl (C=O) groups is 1. The molecule has 148 valence electrons. The van der Waals surface area contributed by atoms with E-state index in [2.05, 4.69) is 5.32 Å². The van der Waals surface area contributed by atoms with E-state index in [9.17, 15) is 23.3 Å². The molecular weight excluding hydrogens is 398 g/mol. The minimum Gasteiger partial charge on any atom is -0.494 e. The van der Waals surface area contributed by atoms with Crippen LogP contribution in [0.3, 0.4) is 0 Å². The minimum atomic E-state index is -3.87. The second kappa shape index (κ2) is 6.74. The summed E-state index contributed by atoms with van der Waals surface area (Å²) in [6.45, 7) is -0.448. The van der Waals surface area contributed by atoms with Crippen LogP contribution in [0.1, 0.15) is 0 Å². The fourth-order valence-corrected chi connectivity index (χ4v) is 5.01. The second-order valence-electron chi connectivity index (χ2n) is 6.33. The van der Waals surface area contributed by atoms with Gasteiger partial charge in [-0.15, -0.1) is 0 Å². The number of non-ortho nitro benzene ring substituents is 1. The maximum atomic E-state index is 12.9. The van der Waals surface area contributed by atoms with Gasteiger partial charge in [0.25, 0.3) is 15.7 Å². The highest BCUT2D eigenvalue weighted by Gasteiger charge is 2.36. The Morgan fingerprint density at radius 2 is 1.90 bits per heavy atom. The molecule has 3 aromatic rings. The Morgan fingerprint density at radius 1 is 1.17 bits per heavy atom. The first-order valence-electron chi connectivity index (χ1n) is 8.49. The van der Waals surface area contributed by atoms with Crippen molar-refractivity contribution < 1.29 is 22.9 Å². The van der Waals surface area contributed by atoms with Crippen LogP contribution in [0.4, 0.5) is 17.1 Å². The maximum Gasteiger partial charge on any atom is 0.273 e. The van der Waals surface area contributed by atoms with Crippen molar-refractivity contribution in [1.29, 1.82) is 0 Å². The van der Waals surface area contributed by atoms with Gasteiger partial charge in [0.05, 0.1) is 34.4 Å². The van der Waals surface area contributed by atoms with Gasteiger partial charge in [-0.1, -0.05) is 24.3 Å². The first-order chi connectivity index (χ1) is 13.8. The van der Waals surface area contributed by atoms with Crippen molar-refractivity contribution in [2.24, 2.45) is 0 Å². The number of nitrogens with zero attached hydrogens (tertiary/aromatic N) is 2. The molecule has 1 aliphatic rings. The van der Waals surface area contributed by atoms with Crippen LogP contribution in [-0.4, -0.2) is 32.9 Å². The molecule has 0 saturated heterocycles. The molecule has 0 aromatic heterocycles. The van der Waals surface area contributed by atoms with Crippen LogP contribution < -0.4 is 14.4 Å². The number of ether oxygens (including phenoxy) is 1. The van der Waals surface area contributed by atoms with Gasteiger partial charge < -0.3 is 10.1 Å². The van der Waals surface area contributed by atoms with E-state index < -0.39 is 27.4 Å². The second-order valence-corrected chi connectivity index (χ2v) is 8.16. The molecule has 0 unspecified atom stereocenters. The van der Waals surface area contributed by atoms with E-state index in [-0.39, 0.29) is 22.0 Å². The SMILES string of the molecule is COc1cc([N+](=O)[O-])ccc1NC(=O)CN1c2cccc3cccc(c23)S1(=O)=O. The Labute approximate surface area is 165 Å². The zero-order valence-electron chi connectivity index (χ0n) is 15.2. The van der Waals surface area contributed by atoms with Crippen molar-refractivity contribution in [3.05, 3.63) is 64.7 Å². The van der Waals surface area contributed by atoms with Crippen molar-refractivity contribution in [3.63, 3.8) is 0 Å². The van der Waals surface area contributed by atoms with E-state index in [1.54, 1.807) is 18.2 Å². The molecule has 0 spiro atoms. The molecule has 1 aliphatic heterocycles. The lowest BCUT2D eigenvalue weighted by Crippen LogP contribution is -2.35. The van der Waals surface area contributed by atoms with Crippen LogP contribution in [0.15, 0.2) is 59.5 Å². The third-order valence-corrected chi connectivity index (χ3v) is 6.44. The van der Waals surface area contributed by atoms with E-state index in [1.807, 2.05) is 12.1 Å². The van der Waals surface area contributed by atoms with Crippen molar-refractivity contribution in [2.45, 2.75) is 4.90 Å². The number of carbonyl (C=O) groups excluding carboxylic acids is 1. The topological polar surface area (TPSA) is 119 Å². The fourth-order valence-electron chi connectivity index (χ4n) is 3.35. The third kappa shape index (κ3) is 3.03. The number of nitro benzene ring substituents is 1. The normalized spacial score (nSPS) is 14.0. The molecule has 1 N–H and O–H groups in total. The van der Waals surface area contributed by atoms with Gasteiger partial charge >= 0.3 is 0 Å². The first-order valence-corrected chi connectivity index (χ1v) is 9.93. The van der Waals surface area contributed by atoms with Crippen molar-refractivity contribution in [3.8, 4) is 5.75 Å².